The van der Waals surface area contributed by atoms with E-state index in [0.29, 0.717) is 5.92 Å². The van der Waals surface area contributed by atoms with E-state index in [9.17, 15) is 4.79 Å². The lowest BCUT2D eigenvalue weighted by molar-refractivity contribution is -0.136. The van der Waals surface area contributed by atoms with Gasteiger partial charge in [0.25, 0.3) is 0 Å². The maximum atomic E-state index is 12.3. The normalized spacial score (nSPS) is 21.5. The van der Waals surface area contributed by atoms with Crippen LogP contribution in [0.4, 0.5) is 0 Å². The topological polar surface area (TPSA) is 44.4 Å². The summed E-state index contributed by atoms with van der Waals surface area (Å²) >= 11 is 0. The molecule has 0 bridgehead atoms. The summed E-state index contributed by atoms with van der Waals surface area (Å²) in [6.07, 6.45) is 0. The Kier molecular flexibility index (Phi) is 5.22. The van der Waals surface area contributed by atoms with Gasteiger partial charge in [0, 0.05) is 32.2 Å². The molecule has 0 aromatic heterocycles. The summed E-state index contributed by atoms with van der Waals surface area (Å²) in [6, 6.07) is 0.230. The van der Waals surface area contributed by atoms with Gasteiger partial charge in [-0.15, -0.1) is 0 Å². The molecule has 1 rings (SSSR count). The number of carbonyl (C=O) groups excluding carboxylic acids is 1. The largest absolute Gasteiger partial charge is 0.339 e. The SMILES string of the molecule is CC(C)CN(C(=O)C1CNCCN1)C(C)C. The first kappa shape index (κ1) is 13.5. The molecule has 1 saturated heterocycles. The second-order valence-corrected chi connectivity index (χ2v) is 5.19. The van der Waals surface area contributed by atoms with Crippen molar-refractivity contribution in [1.82, 2.24) is 15.5 Å². The van der Waals surface area contributed by atoms with E-state index < -0.39 is 0 Å². The maximum Gasteiger partial charge on any atom is 0.241 e. The summed E-state index contributed by atoms with van der Waals surface area (Å²) in [5.74, 6) is 0.749. The van der Waals surface area contributed by atoms with Crippen LogP contribution in [0.1, 0.15) is 27.7 Å². The highest BCUT2D eigenvalue weighted by atomic mass is 16.2. The Labute approximate surface area is 98.8 Å². The van der Waals surface area contributed by atoms with Crippen LogP contribution in [0.2, 0.25) is 0 Å². The van der Waals surface area contributed by atoms with Crippen molar-refractivity contribution in [3.8, 4) is 0 Å². The van der Waals surface area contributed by atoms with Gasteiger partial charge in [0.2, 0.25) is 5.91 Å². The first-order chi connectivity index (χ1) is 7.52. The van der Waals surface area contributed by atoms with Crippen molar-refractivity contribution in [1.29, 1.82) is 0 Å². The highest BCUT2D eigenvalue weighted by Gasteiger charge is 2.27. The van der Waals surface area contributed by atoms with Crippen LogP contribution in [0, 0.1) is 5.92 Å². The molecule has 1 aliphatic heterocycles. The molecule has 0 aliphatic carbocycles. The Hall–Kier alpha value is -0.610. The smallest absolute Gasteiger partial charge is 0.241 e. The zero-order valence-electron chi connectivity index (χ0n) is 10.9. The molecule has 0 spiro atoms. The Morgan fingerprint density at radius 2 is 2.00 bits per heavy atom. The number of hydrogen-bond donors (Lipinski definition) is 2. The van der Waals surface area contributed by atoms with E-state index in [2.05, 4.69) is 38.3 Å². The van der Waals surface area contributed by atoms with Gasteiger partial charge in [0.1, 0.15) is 0 Å². The average molecular weight is 227 g/mol. The van der Waals surface area contributed by atoms with Gasteiger partial charge in [0.05, 0.1) is 6.04 Å². The van der Waals surface area contributed by atoms with Gasteiger partial charge in [-0.1, -0.05) is 13.8 Å². The molecule has 1 amide bonds. The van der Waals surface area contributed by atoms with Gasteiger partial charge in [-0.05, 0) is 19.8 Å². The van der Waals surface area contributed by atoms with Crippen LogP contribution in [-0.2, 0) is 4.79 Å². The van der Waals surface area contributed by atoms with E-state index >= 15 is 0 Å². The molecule has 0 aromatic carbocycles. The highest BCUT2D eigenvalue weighted by Crippen LogP contribution is 2.07. The minimum Gasteiger partial charge on any atom is -0.339 e. The van der Waals surface area contributed by atoms with Crippen LogP contribution < -0.4 is 10.6 Å². The predicted molar refractivity (Wildman–Crippen MR) is 66.3 cm³/mol. The summed E-state index contributed by atoms with van der Waals surface area (Å²) in [5, 5.41) is 6.53. The molecule has 1 aliphatic rings. The number of rotatable bonds is 4. The second kappa shape index (κ2) is 6.21. The van der Waals surface area contributed by atoms with Crippen molar-refractivity contribution >= 4 is 5.91 Å². The third-order valence-corrected chi connectivity index (χ3v) is 2.81. The lowest BCUT2D eigenvalue weighted by Crippen LogP contribution is -2.58. The zero-order chi connectivity index (χ0) is 12.1. The van der Waals surface area contributed by atoms with E-state index in [-0.39, 0.29) is 18.0 Å². The lowest BCUT2D eigenvalue weighted by atomic mass is 10.1. The summed E-state index contributed by atoms with van der Waals surface area (Å²) < 4.78 is 0. The third-order valence-electron chi connectivity index (χ3n) is 2.81. The molecule has 1 heterocycles. The van der Waals surface area contributed by atoms with Crippen molar-refractivity contribution < 1.29 is 4.79 Å². The van der Waals surface area contributed by atoms with Crippen molar-refractivity contribution in [2.24, 2.45) is 5.92 Å². The molecule has 16 heavy (non-hydrogen) atoms. The molecule has 1 unspecified atom stereocenters. The van der Waals surface area contributed by atoms with Gasteiger partial charge in [-0.3, -0.25) is 4.79 Å². The van der Waals surface area contributed by atoms with E-state index in [1.807, 2.05) is 4.90 Å². The molecule has 0 radical (unpaired) electrons. The molecular weight excluding hydrogens is 202 g/mol. The van der Waals surface area contributed by atoms with Crippen LogP contribution in [0.3, 0.4) is 0 Å². The van der Waals surface area contributed by atoms with E-state index in [0.717, 1.165) is 26.2 Å². The first-order valence-corrected chi connectivity index (χ1v) is 6.27. The van der Waals surface area contributed by atoms with E-state index in [4.69, 9.17) is 0 Å². The second-order valence-electron chi connectivity index (χ2n) is 5.19. The molecule has 0 aromatic rings. The summed E-state index contributed by atoms with van der Waals surface area (Å²) in [5.41, 5.74) is 0. The van der Waals surface area contributed by atoms with Crippen LogP contribution in [-0.4, -0.2) is 49.1 Å². The Balaban J connectivity index is 2.58. The first-order valence-electron chi connectivity index (χ1n) is 6.27. The monoisotopic (exact) mass is 227 g/mol. The number of nitrogens with zero attached hydrogens (tertiary/aromatic N) is 1. The Bertz CT molecular complexity index is 222. The van der Waals surface area contributed by atoms with Gasteiger partial charge < -0.3 is 15.5 Å². The molecule has 1 atom stereocenters. The van der Waals surface area contributed by atoms with Crippen molar-refractivity contribution in [3.05, 3.63) is 0 Å². The third kappa shape index (κ3) is 3.76. The highest BCUT2D eigenvalue weighted by molar-refractivity contribution is 5.82. The molecule has 4 nitrogen and oxygen atoms in total. The van der Waals surface area contributed by atoms with E-state index in [1.165, 1.54) is 0 Å². The molecule has 2 N–H and O–H groups in total. The number of amides is 1. The number of hydrogen-bond acceptors (Lipinski definition) is 3. The lowest BCUT2D eigenvalue weighted by Gasteiger charge is -2.34. The van der Waals surface area contributed by atoms with Crippen LogP contribution in [0.25, 0.3) is 0 Å². The molecule has 94 valence electrons. The fraction of sp³-hybridized carbons (Fsp3) is 0.917. The minimum atomic E-state index is -0.0464. The van der Waals surface area contributed by atoms with Gasteiger partial charge in [-0.25, -0.2) is 0 Å². The zero-order valence-corrected chi connectivity index (χ0v) is 10.9. The van der Waals surface area contributed by atoms with Gasteiger partial charge in [0.15, 0.2) is 0 Å². The number of carbonyl (C=O) groups is 1. The fourth-order valence-electron chi connectivity index (χ4n) is 1.98. The van der Waals surface area contributed by atoms with Crippen LogP contribution in [0.5, 0.6) is 0 Å². The average Bonchev–Trinajstić information content (AvgIpc) is 2.25. The van der Waals surface area contributed by atoms with Crippen molar-refractivity contribution in [3.63, 3.8) is 0 Å². The predicted octanol–water partition coefficient (Wildman–Crippen LogP) is 0.441. The summed E-state index contributed by atoms with van der Waals surface area (Å²) in [4.78, 5) is 14.3. The minimum absolute atomic E-state index is 0.0464. The molecular formula is C12H25N3O. The van der Waals surface area contributed by atoms with E-state index in [1.54, 1.807) is 0 Å². The molecule has 0 saturated carbocycles. The van der Waals surface area contributed by atoms with Crippen molar-refractivity contribution in [2.75, 3.05) is 26.2 Å². The van der Waals surface area contributed by atoms with Crippen LogP contribution >= 0.6 is 0 Å². The Morgan fingerprint density at radius 1 is 1.31 bits per heavy atom. The van der Waals surface area contributed by atoms with Gasteiger partial charge >= 0.3 is 0 Å². The standard InChI is InChI=1S/C12H25N3O/c1-9(2)8-15(10(3)4)12(16)11-7-13-5-6-14-11/h9-11,13-14H,5-8H2,1-4H3. The molecule has 4 heteroatoms. The molecule has 1 fully saturated rings. The fourth-order valence-corrected chi connectivity index (χ4v) is 1.98. The van der Waals surface area contributed by atoms with Crippen molar-refractivity contribution in [2.45, 2.75) is 39.8 Å². The summed E-state index contributed by atoms with van der Waals surface area (Å²) in [6.45, 7) is 11.9. The maximum absolute atomic E-state index is 12.3. The Morgan fingerprint density at radius 3 is 2.44 bits per heavy atom. The van der Waals surface area contributed by atoms with Crippen LogP contribution in [0.15, 0.2) is 0 Å². The number of piperazine rings is 1. The quantitative estimate of drug-likeness (QED) is 0.732. The van der Waals surface area contributed by atoms with Gasteiger partial charge in [-0.2, -0.15) is 0 Å². The number of nitrogens with one attached hydrogen (secondary N) is 2. The summed E-state index contributed by atoms with van der Waals surface area (Å²) in [7, 11) is 0.